The highest BCUT2D eigenvalue weighted by Gasteiger charge is 2.22. The third-order valence-corrected chi connectivity index (χ3v) is 5.76. The number of ether oxygens (including phenoxy) is 1. The molecule has 10 heteroatoms. The molecule has 0 aliphatic rings. The molecule has 9 nitrogen and oxygen atoms in total. The van der Waals surface area contributed by atoms with Gasteiger partial charge in [-0.2, -0.15) is 5.10 Å². The van der Waals surface area contributed by atoms with E-state index in [9.17, 15) is 18.0 Å². The van der Waals surface area contributed by atoms with Gasteiger partial charge < -0.3 is 10.1 Å². The Morgan fingerprint density at radius 1 is 1.09 bits per heavy atom. The van der Waals surface area contributed by atoms with Gasteiger partial charge in [0.15, 0.2) is 6.61 Å². The Labute approximate surface area is 194 Å². The number of hydrogen-bond donors (Lipinski definition) is 2. The van der Waals surface area contributed by atoms with Crippen LogP contribution >= 0.6 is 0 Å². The van der Waals surface area contributed by atoms with Gasteiger partial charge in [-0.05, 0) is 74.7 Å². The molecular formula is C23H30N4O5S. The van der Waals surface area contributed by atoms with E-state index in [2.05, 4.69) is 15.8 Å². The van der Waals surface area contributed by atoms with E-state index in [1.807, 2.05) is 33.8 Å². The van der Waals surface area contributed by atoms with Crippen molar-refractivity contribution < 1.29 is 22.7 Å². The maximum Gasteiger partial charge on any atom is 0.260 e. The lowest BCUT2D eigenvalue weighted by Crippen LogP contribution is -2.39. The number of aryl methyl sites for hydroxylation is 1. The van der Waals surface area contributed by atoms with E-state index in [0.29, 0.717) is 17.0 Å². The van der Waals surface area contributed by atoms with Crippen molar-refractivity contribution in [3.63, 3.8) is 0 Å². The molecule has 178 valence electrons. The van der Waals surface area contributed by atoms with Crippen LogP contribution in [0.15, 0.2) is 47.6 Å². The first-order valence-electron chi connectivity index (χ1n) is 10.4. The van der Waals surface area contributed by atoms with Gasteiger partial charge in [-0.15, -0.1) is 0 Å². The Bertz CT molecular complexity index is 1110. The Morgan fingerprint density at radius 3 is 2.36 bits per heavy atom. The number of amides is 2. The minimum atomic E-state index is -3.67. The van der Waals surface area contributed by atoms with E-state index in [1.165, 1.54) is 6.21 Å². The number of nitrogens with one attached hydrogen (secondary N) is 2. The zero-order valence-corrected chi connectivity index (χ0v) is 20.3. The molecule has 0 heterocycles. The average molecular weight is 475 g/mol. The number of sulfonamides is 1. The monoisotopic (exact) mass is 474 g/mol. The summed E-state index contributed by atoms with van der Waals surface area (Å²) in [6.07, 6.45) is 2.48. The van der Waals surface area contributed by atoms with E-state index in [0.717, 1.165) is 21.7 Å². The minimum Gasteiger partial charge on any atom is -0.484 e. The lowest BCUT2D eigenvalue weighted by molar-refractivity contribution is -0.123. The molecule has 0 aliphatic heterocycles. The van der Waals surface area contributed by atoms with Crippen LogP contribution in [0.25, 0.3) is 0 Å². The molecule has 0 atom stereocenters. The molecule has 0 fully saturated rings. The van der Waals surface area contributed by atoms with E-state index in [4.69, 9.17) is 4.74 Å². The summed E-state index contributed by atoms with van der Waals surface area (Å²) in [4.78, 5) is 24.0. The zero-order valence-electron chi connectivity index (χ0n) is 19.5. The molecule has 2 rings (SSSR count). The number of anilines is 1. The maximum atomic E-state index is 12.4. The molecular weight excluding hydrogens is 444 g/mol. The summed E-state index contributed by atoms with van der Waals surface area (Å²) < 4.78 is 31.0. The van der Waals surface area contributed by atoms with Gasteiger partial charge in [-0.25, -0.2) is 13.8 Å². The van der Waals surface area contributed by atoms with Crippen LogP contribution < -0.4 is 19.8 Å². The summed E-state index contributed by atoms with van der Waals surface area (Å²) in [7, 11) is -3.67. The van der Waals surface area contributed by atoms with Crippen molar-refractivity contribution in [2.24, 2.45) is 5.10 Å². The normalized spacial score (nSPS) is 11.5. The molecule has 2 N–H and O–H groups in total. The van der Waals surface area contributed by atoms with Crippen molar-refractivity contribution in [1.82, 2.24) is 10.7 Å². The lowest BCUT2D eigenvalue weighted by Gasteiger charge is -2.23. The Kier molecular flexibility index (Phi) is 8.98. The highest BCUT2D eigenvalue weighted by molar-refractivity contribution is 7.92. The first-order chi connectivity index (χ1) is 15.5. The van der Waals surface area contributed by atoms with Crippen molar-refractivity contribution in [2.45, 2.75) is 33.7 Å². The number of benzene rings is 2. The second-order valence-corrected chi connectivity index (χ2v) is 9.77. The smallest absolute Gasteiger partial charge is 0.260 e. The highest BCUT2D eigenvalue weighted by atomic mass is 32.2. The van der Waals surface area contributed by atoms with Crippen LogP contribution in [0.2, 0.25) is 0 Å². The van der Waals surface area contributed by atoms with Crippen LogP contribution in [0.4, 0.5) is 5.69 Å². The van der Waals surface area contributed by atoms with Gasteiger partial charge in [0.25, 0.3) is 11.8 Å². The number of carbonyl (C=O) groups excluding carboxylic acids is 2. The Morgan fingerprint density at radius 2 is 1.76 bits per heavy atom. The first kappa shape index (κ1) is 25.9. The summed E-state index contributed by atoms with van der Waals surface area (Å²) in [6.45, 7) is 6.94. The standard InChI is InChI=1S/C23H30N4O5S/c1-16(2)25-23(29)15-32-20-11-9-19(10-12-20)13-24-26-22(28)14-27(33(5,30)31)21-8-6-7-17(3)18(21)4/h6-13,16H,14-15H2,1-5H3,(H,25,29)(H,26,28)/b24-13-. The molecule has 2 amide bonds. The third-order valence-electron chi connectivity index (χ3n) is 4.63. The molecule has 0 unspecified atom stereocenters. The fourth-order valence-corrected chi connectivity index (χ4v) is 3.80. The van der Waals surface area contributed by atoms with Gasteiger partial charge in [0.05, 0.1) is 18.2 Å². The number of hydrazone groups is 1. The average Bonchev–Trinajstić information content (AvgIpc) is 2.72. The predicted molar refractivity (Wildman–Crippen MR) is 129 cm³/mol. The predicted octanol–water partition coefficient (Wildman–Crippen LogP) is 2.12. The largest absolute Gasteiger partial charge is 0.484 e. The zero-order chi connectivity index (χ0) is 24.6. The van der Waals surface area contributed by atoms with Crippen LogP contribution in [-0.4, -0.2) is 51.9 Å². The van der Waals surface area contributed by atoms with Gasteiger partial charge in [-0.3, -0.25) is 13.9 Å². The number of carbonyl (C=O) groups is 2. The second kappa shape index (κ2) is 11.5. The molecule has 0 aromatic heterocycles. The number of nitrogens with zero attached hydrogens (tertiary/aromatic N) is 2. The van der Waals surface area contributed by atoms with E-state index in [-0.39, 0.29) is 18.6 Å². The van der Waals surface area contributed by atoms with Gasteiger partial charge in [0.2, 0.25) is 10.0 Å². The Balaban J connectivity index is 1.95. The molecule has 2 aromatic carbocycles. The molecule has 0 saturated heterocycles. The highest BCUT2D eigenvalue weighted by Crippen LogP contribution is 2.24. The van der Waals surface area contributed by atoms with Crippen LogP contribution in [0, 0.1) is 13.8 Å². The van der Waals surface area contributed by atoms with Crippen molar-refractivity contribution in [3.8, 4) is 5.75 Å². The van der Waals surface area contributed by atoms with E-state index >= 15 is 0 Å². The summed E-state index contributed by atoms with van der Waals surface area (Å²) >= 11 is 0. The van der Waals surface area contributed by atoms with Crippen LogP contribution in [0.3, 0.4) is 0 Å². The molecule has 0 aliphatic carbocycles. The lowest BCUT2D eigenvalue weighted by atomic mass is 10.1. The SMILES string of the molecule is Cc1cccc(N(CC(=O)N/N=C\c2ccc(OCC(=O)NC(C)C)cc2)S(C)(=O)=O)c1C. The Hall–Kier alpha value is -3.40. The molecule has 2 aromatic rings. The van der Waals surface area contributed by atoms with Crippen molar-refractivity contribution in [2.75, 3.05) is 23.7 Å². The van der Waals surface area contributed by atoms with E-state index < -0.39 is 22.5 Å². The van der Waals surface area contributed by atoms with Gasteiger partial charge in [-0.1, -0.05) is 12.1 Å². The number of hydrogen-bond acceptors (Lipinski definition) is 6. The van der Waals surface area contributed by atoms with Gasteiger partial charge >= 0.3 is 0 Å². The first-order valence-corrected chi connectivity index (χ1v) is 12.2. The molecule has 0 spiro atoms. The molecule has 0 saturated carbocycles. The number of rotatable bonds is 10. The van der Waals surface area contributed by atoms with Crippen LogP contribution in [-0.2, 0) is 19.6 Å². The maximum absolute atomic E-state index is 12.4. The summed E-state index contributed by atoms with van der Waals surface area (Å²) in [5.74, 6) is -0.261. The molecule has 0 radical (unpaired) electrons. The van der Waals surface area contributed by atoms with E-state index in [1.54, 1.807) is 36.4 Å². The van der Waals surface area contributed by atoms with Crippen molar-refractivity contribution in [1.29, 1.82) is 0 Å². The van der Waals surface area contributed by atoms with Crippen molar-refractivity contribution >= 4 is 33.7 Å². The minimum absolute atomic E-state index is 0.0419. The van der Waals surface area contributed by atoms with Crippen LogP contribution in [0.5, 0.6) is 5.75 Å². The van der Waals surface area contributed by atoms with Crippen LogP contribution in [0.1, 0.15) is 30.5 Å². The van der Waals surface area contributed by atoms with Crippen molar-refractivity contribution in [3.05, 3.63) is 59.2 Å². The fraction of sp³-hybridized carbons (Fsp3) is 0.348. The third kappa shape index (κ3) is 8.23. The molecule has 33 heavy (non-hydrogen) atoms. The summed E-state index contributed by atoms with van der Waals surface area (Å²) in [5, 5.41) is 6.63. The van der Waals surface area contributed by atoms with Gasteiger partial charge in [0.1, 0.15) is 12.3 Å². The summed E-state index contributed by atoms with van der Waals surface area (Å²) in [5.41, 5.74) is 5.19. The summed E-state index contributed by atoms with van der Waals surface area (Å²) in [6, 6.07) is 12.1. The van der Waals surface area contributed by atoms with Gasteiger partial charge in [0, 0.05) is 6.04 Å². The topological polar surface area (TPSA) is 117 Å². The fourth-order valence-electron chi connectivity index (χ4n) is 2.89. The molecule has 0 bridgehead atoms. The quantitative estimate of drug-likeness (QED) is 0.404. The second-order valence-electron chi connectivity index (χ2n) is 7.86.